The van der Waals surface area contributed by atoms with Crippen molar-refractivity contribution in [3.63, 3.8) is 0 Å². The third-order valence-electron chi connectivity index (χ3n) is 3.30. The average molecular weight is 314 g/mol. The number of hydrogen-bond acceptors (Lipinski definition) is 6. The number of aromatic nitrogens is 1. The van der Waals surface area contributed by atoms with E-state index in [2.05, 4.69) is 4.90 Å². The first kappa shape index (κ1) is 13.7. The molecule has 0 saturated carbocycles. The Labute approximate surface area is 122 Å². The van der Waals surface area contributed by atoms with E-state index in [1.807, 2.05) is 0 Å². The zero-order chi connectivity index (χ0) is 14.1. The summed E-state index contributed by atoms with van der Waals surface area (Å²) in [6.45, 7) is 4.61. The maximum absolute atomic E-state index is 12.0. The van der Waals surface area contributed by atoms with E-state index in [0.717, 1.165) is 53.7 Å². The molecular formula is C12H14N2O4S2. The number of aromatic carboxylic acids is 1. The highest BCUT2D eigenvalue weighted by Gasteiger charge is 2.16. The Morgan fingerprint density at radius 3 is 2.75 bits per heavy atom. The van der Waals surface area contributed by atoms with Crippen molar-refractivity contribution >= 4 is 38.2 Å². The number of carboxylic acids is 1. The Hall–Kier alpha value is -1.22. The fourth-order valence-corrected chi connectivity index (χ4v) is 4.38. The fraction of sp³-hybridized carbons (Fsp3) is 0.500. The molecule has 8 heteroatoms. The van der Waals surface area contributed by atoms with Gasteiger partial charge in [0.2, 0.25) is 0 Å². The number of hydrogen-bond donors (Lipinski definition) is 1. The van der Waals surface area contributed by atoms with Gasteiger partial charge in [0.15, 0.2) is 0 Å². The van der Waals surface area contributed by atoms with E-state index in [9.17, 15) is 9.59 Å². The van der Waals surface area contributed by atoms with Gasteiger partial charge in [-0.25, -0.2) is 4.79 Å². The van der Waals surface area contributed by atoms with Crippen molar-refractivity contribution in [2.45, 2.75) is 6.54 Å². The minimum Gasteiger partial charge on any atom is -0.477 e. The number of carboxylic acid groups (broad SMARTS) is 1. The van der Waals surface area contributed by atoms with E-state index in [0.29, 0.717) is 6.54 Å². The van der Waals surface area contributed by atoms with Crippen LogP contribution in [0.4, 0.5) is 0 Å². The molecule has 1 N–H and O–H groups in total. The van der Waals surface area contributed by atoms with Crippen molar-refractivity contribution in [3.05, 3.63) is 20.6 Å². The first-order chi connectivity index (χ1) is 9.65. The molecule has 0 atom stereocenters. The van der Waals surface area contributed by atoms with Crippen molar-refractivity contribution in [3.8, 4) is 0 Å². The molecule has 2 aromatic heterocycles. The summed E-state index contributed by atoms with van der Waals surface area (Å²) in [5.74, 6) is -0.939. The molecule has 0 unspecified atom stereocenters. The summed E-state index contributed by atoms with van der Waals surface area (Å²) in [6.07, 6.45) is 0. The molecular weight excluding hydrogens is 300 g/mol. The Morgan fingerprint density at radius 1 is 1.30 bits per heavy atom. The highest BCUT2D eigenvalue weighted by atomic mass is 32.1. The molecule has 0 spiro atoms. The predicted molar refractivity (Wildman–Crippen MR) is 78.2 cm³/mol. The fourth-order valence-electron chi connectivity index (χ4n) is 2.22. The van der Waals surface area contributed by atoms with Crippen LogP contribution in [0.2, 0.25) is 0 Å². The van der Waals surface area contributed by atoms with Crippen molar-refractivity contribution in [1.82, 2.24) is 9.47 Å². The Balaban J connectivity index is 1.80. The molecule has 1 fully saturated rings. The van der Waals surface area contributed by atoms with Gasteiger partial charge in [-0.1, -0.05) is 11.3 Å². The van der Waals surface area contributed by atoms with Crippen LogP contribution < -0.4 is 4.87 Å². The van der Waals surface area contributed by atoms with Gasteiger partial charge in [0.25, 0.3) is 0 Å². The van der Waals surface area contributed by atoms with Crippen LogP contribution in [0.15, 0.2) is 10.9 Å². The lowest BCUT2D eigenvalue weighted by Crippen LogP contribution is -2.38. The van der Waals surface area contributed by atoms with Gasteiger partial charge in [0, 0.05) is 26.2 Å². The van der Waals surface area contributed by atoms with Gasteiger partial charge in [-0.15, -0.1) is 11.3 Å². The van der Waals surface area contributed by atoms with Crippen LogP contribution in [0, 0.1) is 0 Å². The number of thiazole rings is 1. The normalized spacial score (nSPS) is 16.8. The molecule has 1 aliphatic rings. The second-order valence-corrected chi connectivity index (χ2v) is 6.58. The smallest absolute Gasteiger partial charge is 0.345 e. The molecule has 3 heterocycles. The van der Waals surface area contributed by atoms with Crippen molar-refractivity contribution in [2.75, 3.05) is 32.8 Å². The van der Waals surface area contributed by atoms with E-state index < -0.39 is 5.97 Å². The molecule has 0 aliphatic carbocycles. The van der Waals surface area contributed by atoms with E-state index >= 15 is 0 Å². The third-order valence-corrected chi connectivity index (χ3v) is 5.50. The van der Waals surface area contributed by atoms with Crippen LogP contribution in [0.1, 0.15) is 9.67 Å². The van der Waals surface area contributed by atoms with Crippen LogP contribution in [-0.2, 0) is 11.3 Å². The zero-order valence-corrected chi connectivity index (χ0v) is 12.3. The van der Waals surface area contributed by atoms with Gasteiger partial charge in [-0.3, -0.25) is 14.3 Å². The second-order valence-electron chi connectivity index (χ2n) is 4.56. The molecule has 1 aliphatic heterocycles. The quantitative estimate of drug-likeness (QED) is 0.917. The lowest BCUT2D eigenvalue weighted by molar-refractivity contribution is 0.0365. The van der Waals surface area contributed by atoms with Crippen LogP contribution in [0.5, 0.6) is 0 Å². The molecule has 3 rings (SSSR count). The molecule has 108 valence electrons. The maximum Gasteiger partial charge on any atom is 0.345 e. The van der Waals surface area contributed by atoms with E-state index in [1.165, 1.54) is 11.3 Å². The highest BCUT2D eigenvalue weighted by molar-refractivity contribution is 7.27. The standard InChI is InChI=1S/C12H14N2O4S2/c15-11(16)9-7-8-10(19-9)14(12(17)20-8)2-1-13-3-5-18-6-4-13/h7H,1-6H2,(H,15,16). The predicted octanol–water partition coefficient (Wildman–Crippen LogP) is 1.15. The SMILES string of the molecule is O=C(O)c1cc2sc(=O)n(CCN3CCOCC3)c2s1. The van der Waals surface area contributed by atoms with Gasteiger partial charge in [0.05, 0.1) is 17.9 Å². The Bertz CT molecular complexity index is 681. The molecule has 6 nitrogen and oxygen atoms in total. The average Bonchev–Trinajstić information content (AvgIpc) is 2.95. The lowest BCUT2D eigenvalue weighted by Gasteiger charge is -2.26. The first-order valence-electron chi connectivity index (χ1n) is 6.32. The van der Waals surface area contributed by atoms with Crippen molar-refractivity contribution in [2.24, 2.45) is 0 Å². The van der Waals surface area contributed by atoms with Crippen LogP contribution in [0.3, 0.4) is 0 Å². The lowest BCUT2D eigenvalue weighted by atomic mass is 10.4. The first-order valence-corrected chi connectivity index (χ1v) is 7.95. The number of rotatable bonds is 4. The van der Waals surface area contributed by atoms with E-state index in [1.54, 1.807) is 10.6 Å². The number of ether oxygens (including phenoxy) is 1. The number of thiophene rings is 1. The van der Waals surface area contributed by atoms with E-state index in [4.69, 9.17) is 9.84 Å². The molecule has 0 bridgehead atoms. The monoisotopic (exact) mass is 314 g/mol. The minimum atomic E-state index is -0.939. The Kier molecular flexibility index (Phi) is 3.88. The zero-order valence-electron chi connectivity index (χ0n) is 10.7. The number of nitrogens with zero attached hydrogens (tertiary/aromatic N) is 2. The van der Waals surface area contributed by atoms with Gasteiger partial charge in [-0.2, -0.15) is 0 Å². The summed E-state index contributed by atoms with van der Waals surface area (Å²) >= 11 is 2.28. The van der Waals surface area contributed by atoms with Crippen LogP contribution in [-0.4, -0.2) is 53.4 Å². The van der Waals surface area contributed by atoms with Gasteiger partial charge in [0.1, 0.15) is 9.71 Å². The maximum atomic E-state index is 12.0. The van der Waals surface area contributed by atoms with Crippen LogP contribution >= 0.6 is 22.7 Å². The molecule has 1 saturated heterocycles. The molecule has 0 amide bonds. The van der Waals surface area contributed by atoms with Gasteiger partial charge >= 0.3 is 10.8 Å². The highest BCUT2D eigenvalue weighted by Crippen LogP contribution is 2.27. The largest absolute Gasteiger partial charge is 0.477 e. The molecule has 20 heavy (non-hydrogen) atoms. The van der Waals surface area contributed by atoms with Gasteiger partial charge in [-0.05, 0) is 6.07 Å². The molecule has 0 radical (unpaired) electrons. The molecule has 0 aromatic carbocycles. The summed E-state index contributed by atoms with van der Waals surface area (Å²) in [5.41, 5.74) is 0. The van der Waals surface area contributed by atoms with Crippen molar-refractivity contribution < 1.29 is 14.6 Å². The second kappa shape index (κ2) is 5.65. The van der Waals surface area contributed by atoms with Gasteiger partial charge < -0.3 is 9.84 Å². The summed E-state index contributed by atoms with van der Waals surface area (Å²) < 4.78 is 7.74. The van der Waals surface area contributed by atoms with Crippen molar-refractivity contribution in [1.29, 1.82) is 0 Å². The summed E-state index contributed by atoms with van der Waals surface area (Å²) in [4.78, 5) is 26.2. The Morgan fingerprint density at radius 2 is 2.05 bits per heavy atom. The summed E-state index contributed by atoms with van der Waals surface area (Å²) in [5, 5.41) is 9.00. The third kappa shape index (κ3) is 2.64. The molecule has 2 aromatic rings. The number of fused-ring (bicyclic) bond motifs is 1. The van der Waals surface area contributed by atoms with E-state index in [-0.39, 0.29) is 9.75 Å². The number of carbonyl (C=O) groups is 1. The topological polar surface area (TPSA) is 71.8 Å². The van der Waals surface area contributed by atoms with Crippen LogP contribution in [0.25, 0.3) is 9.53 Å². The number of morpholine rings is 1. The summed E-state index contributed by atoms with van der Waals surface area (Å²) in [6, 6.07) is 1.58. The summed E-state index contributed by atoms with van der Waals surface area (Å²) in [7, 11) is 0. The minimum absolute atomic E-state index is 0.0172.